The molecule has 1 heterocycles. The van der Waals surface area contributed by atoms with Gasteiger partial charge in [0.25, 0.3) is 0 Å². The lowest BCUT2D eigenvalue weighted by Crippen LogP contribution is -2.23. The number of anilines is 1. The second-order valence-corrected chi connectivity index (χ2v) is 6.42. The smallest absolute Gasteiger partial charge is 0.191 e. The number of thiocarbonyl (C=S) groups is 1. The minimum atomic E-state index is 0.443. The monoisotopic (exact) mass is 370 g/mol. The van der Waals surface area contributed by atoms with E-state index in [0.29, 0.717) is 5.11 Å². The number of para-hydroxylation sites is 2. The SMILES string of the molecule is S=C(N/N=C/c1c(-c2ccccc2)[nH]c2ccccc12)Nc1ccccc1. The van der Waals surface area contributed by atoms with Crippen molar-refractivity contribution in [3.8, 4) is 11.3 Å². The van der Waals surface area contributed by atoms with Crippen molar-refractivity contribution in [2.45, 2.75) is 0 Å². The number of aromatic nitrogens is 1. The lowest BCUT2D eigenvalue weighted by molar-refractivity contribution is 1.05. The molecule has 0 atom stereocenters. The van der Waals surface area contributed by atoms with Crippen molar-refractivity contribution in [1.82, 2.24) is 10.4 Å². The molecule has 0 saturated carbocycles. The van der Waals surface area contributed by atoms with Gasteiger partial charge in [-0.15, -0.1) is 0 Å². The van der Waals surface area contributed by atoms with Crippen LogP contribution in [0.1, 0.15) is 5.56 Å². The average Bonchev–Trinajstić information content (AvgIpc) is 3.08. The summed E-state index contributed by atoms with van der Waals surface area (Å²) in [5.74, 6) is 0. The first-order chi connectivity index (χ1) is 13.3. The van der Waals surface area contributed by atoms with E-state index in [2.05, 4.69) is 45.1 Å². The molecule has 0 fully saturated rings. The number of aromatic amines is 1. The maximum atomic E-state index is 5.31. The summed E-state index contributed by atoms with van der Waals surface area (Å²) in [6.45, 7) is 0. The Hall–Kier alpha value is -3.44. The zero-order valence-corrected chi connectivity index (χ0v) is 15.3. The lowest BCUT2D eigenvalue weighted by Gasteiger charge is -2.06. The Balaban J connectivity index is 1.59. The first-order valence-corrected chi connectivity index (χ1v) is 9.03. The molecule has 4 rings (SSSR count). The van der Waals surface area contributed by atoms with E-state index in [1.807, 2.05) is 60.7 Å². The molecule has 27 heavy (non-hydrogen) atoms. The molecule has 3 aromatic carbocycles. The van der Waals surface area contributed by atoms with Crippen LogP contribution in [0.2, 0.25) is 0 Å². The summed E-state index contributed by atoms with van der Waals surface area (Å²) >= 11 is 5.31. The van der Waals surface area contributed by atoms with Crippen molar-refractivity contribution in [3.05, 3.63) is 90.5 Å². The Labute approximate surface area is 162 Å². The standard InChI is InChI=1S/C22H18N4S/c27-22(24-17-11-5-2-6-12-17)26-23-15-19-18-13-7-8-14-20(18)25-21(19)16-9-3-1-4-10-16/h1-15,25H,(H2,24,26,27)/b23-15+. The topological polar surface area (TPSA) is 52.2 Å². The molecule has 0 unspecified atom stereocenters. The van der Waals surface area contributed by atoms with Crippen molar-refractivity contribution < 1.29 is 0 Å². The Bertz CT molecular complexity index is 1090. The van der Waals surface area contributed by atoms with Crippen LogP contribution >= 0.6 is 12.2 Å². The molecule has 0 radical (unpaired) electrons. The van der Waals surface area contributed by atoms with Crippen LogP contribution in [-0.4, -0.2) is 16.3 Å². The highest BCUT2D eigenvalue weighted by Crippen LogP contribution is 2.28. The molecule has 132 valence electrons. The highest BCUT2D eigenvalue weighted by atomic mass is 32.1. The van der Waals surface area contributed by atoms with Gasteiger partial charge in [0.15, 0.2) is 5.11 Å². The van der Waals surface area contributed by atoms with Gasteiger partial charge in [-0.3, -0.25) is 5.43 Å². The average molecular weight is 370 g/mol. The van der Waals surface area contributed by atoms with Gasteiger partial charge in [-0.2, -0.15) is 5.10 Å². The van der Waals surface area contributed by atoms with Gasteiger partial charge in [0, 0.05) is 22.2 Å². The quantitative estimate of drug-likeness (QED) is 0.264. The summed E-state index contributed by atoms with van der Waals surface area (Å²) < 4.78 is 0. The minimum Gasteiger partial charge on any atom is -0.354 e. The fourth-order valence-electron chi connectivity index (χ4n) is 2.97. The molecule has 0 aliphatic rings. The van der Waals surface area contributed by atoms with Gasteiger partial charge in [-0.05, 0) is 36.0 Å². The lowest BCUT2D eigenvalue weighted by atomic mass is 10.1. The normalized spacial score (nSPS) is 11.0. The van der Waals surface area contributed by atoms with Gasteiger partial charge in [0.2, 0.25) is 0 Å². The van der Waals surface area contributed by atoms with Crippen LogP contribution in [0.3, 0.4) is 0 Å². The van der Waals surface area contributed by atoms with E-state index >= 15 is 0 Å². The molecule has 0 saturated heterocycles. The molecule has 0 bridgehead atoms. The molecule has 0 spiro atoms. The number of benzene rings is 3. The van der Waals surface area contributed by atoms with Crippen molar-refractivity contribution in [3.63, 3.8) is 0 Å². The molecular weight excluding hydrogens is 352 g/mol. The van der Waals surface area contributed by atoms with E-state index < -0.39 is 0 Å². The third-order valence-corrected chi connectivity index (χ3v) is 4.39. The number of H-pyrrole nitrogens is 1. The molecule has 1 aromatic heterocycles. The summed E-state index contributed by atoms with van der Waals surface area (Å²) in [5, 5.41) is 9.01. The zero-order valence-electron chi connectivity index (χ0n) is 14.5. The van der Waals surface area contributed by atoms with E-state index in [1.165, 1.54) is 0 Å². The number of fused-ring (bicyclic) bond motifs is 1. The molecule has 4 nitrogen and oxygen atoms in total. The summed E-state index contributed by atoms with van der Waals surface area (Å²) in [7, 11) is 0. The molecule has 0 amide bonds. The first-order valence-electron chi connectivity index (χ1n) is 8.62. The Morgan fingerprint density at radius 1 is 0.852 bits per heavy atom. The summed E-state index contributed by atoms with van der Waals surface area (Å²) in [6, 6.07) is 28.2. The van der Waals surface area contributed by atoms with Gasteiger partial charge < -0.3 is 10.3 Å². The third kappa shape index (κ3) is 3.88. The van der Waals surface area contributed by atoms with Crippen LogP contribution in [0.15, 0.2) is 90.0 Å². The number of nitrogens with zero attached hydrogens (tertiary/aromatic N) is 1. The Kier molecular flexibility index (Phi) is 4.94. The fraction of sp³-hybridized carbons (Fsp3) is 0. The van der Waals surface area contributed by atoms with Crippen LogP contribution < -0.4 is 10.7 Å². The molecule has 0 aliphatic heterocycles. The maximum absolute atomic E-state index is 5.31. The first kappa shape index (κ1) is 17.0. The Morgan fingerprint density at radius 3 is 2.30 bits per heavy atom. The van der Waals surface area contributed by atoms with Crippen LogP contribution in [-0.2, 0) is 0 Å². The van der Waals surface area contributed by atoms with Gasteiger partial charge in [-0.25, -0.2) is 0 Å². The third-order valence-electron chi connectivity index (χ3n) is 4.20. The molecule has 0 aliphatic carbocycles. The summed E-state index contributed by atoms with van der Waals surface area (Å²) in [4.78, 5) is 3.49. The van der Waals surface area contributed by atoms with Gasteiger partial charge in [0.1, 0.15) is 0 Å². The van der Waals surface area contributed by atoms with Crippen LogP contribution in [0.4, 0.5) is 5.69 Å². The number of nitrogens with one attached hydrogen (secondary N) is 3. The Morgan fingerprint density at radius 2 is 1.52 bits per heavy atom. The predicted molar refractivity (Wildman–Crippen MR) is 117 cm³/mol. The molecular formula is C22H18N4S. The van der Waals surface area contributed by atoms with Crippen molar-refractivity contribution >= 4 is 40.1 Å². The highest BCUT2D eigenvalue weighted by Gasteiger charge is 2.11. The highest BCUT2D eigenvalue weighted by molar-refractivity contribution is 7.80. The van der Waals surface area contributed by atoms with Crippen molar-refractivity contribution in [2.75, 3.05) is 5.32 Å². The van der Waals surface area contributed by atoms with Gasteiger partial charge in [0.05, 0.1) is 11.9 Å². The second kappa shape index (κ2) is 7.85. The largest absolute Gasteiger partial charge is 0.354 e. The van der Waals surface area contributed by atoms with E-state index in [4.69, 9.17) is 12.2 Å². The molecule has 3 N–H and O–H groups in total. The number of rotatable bonds is 4. The number of hydrogen-bond donors (Lipinski definition) is 3. The molecule has 4 aromatic rings. The van der Waals surface area contributed by atoms with E-state index in [9.17, 15) is 0 Å². The predicted octanol–water partition coefficient (Wildman–Crippen LogP) is 5.16. The van der Waals surface area contributed by atoms with Crippen LogP contribution in [0.25, 0.3) is 22.2 Å². The molecule has 5 heteroatoms. The van der Waals surface area contributed by atoms with E-state index in [-0.39, 0.29) is 0 Å². The fourth-order valence-corrected chi connectivity index (χ4v) is 3.14. The van der Waals surface area contributed by atoms with Crippen molar-refractivity contribution in [2.24, 2.45) is 5.10 Å². The second-order valence-electron chi connectivity index (χ2n) is 6.02. The summed E-state index contributed by atoms with van der Waals surface area (Å²) in [6.07, 6.45) is 1.81. The number of hydrazone groups is 1. The summed E-state index contributed by atoms with van der Waals surface area (Å²) in [5.41, 5.74) is 8.04. The van der Waals surface area contributed by atoms with Gasteiger partial charge >= 0.3 is 0 Å². The van der Waals surface area contributed by atoms with Crippen LogP contribution in [0, 0.1) is 0 Å². The van der Waals surface area contributed by atoms with E-state index in [0.717, 1.165) is 33.4 Å². The number of hydrogen-bond acceptors (Lipinski definition) is 2. The van der Waals surface area contributed by atoms with E-state index in [1.54, 1.807) is 6.21 Å². The minimum absolute atomic E-state index is 0.443. The van der Waals surface area contributed by atoms with Gasteiger partial charge in [-0.1, -0.05) is 66.7 Å². The maximum Gasteiger partial charge on any atom is 0.191 e. The van der Waals surface area contributed by atoms with Crippen LogP contribution in [0.5, 0.6) is 0 Å². The zero-order chi connectivity index (χ0) is 18.5. The van der Waals surface area contributed by atoms with Crippen molar-refractivity contribution in [1.29, 1.82) is 0 Å².